The van der Waals surface area contributed by atoms with Crippen LogP contribution in [-0.4, -0.2) is 29.9 Å². The number of thioether (sulfide) groups is 1. The number of pyridine rings is 1. The third-order valence-corrected chi connectivity index (χ3v) is 4.45. The Morgan fingerprint density at radius 3 is 2.43 bits per heavy atom. The van der Waals surface area contributed by atoms with Crippen LogP contribution in [0.5, 0.6) is 5.75 Å². The molecule has 0 saturated carbocycles. The van der Waals surface area contributed by atoms with Crippen LogP contribution in [0.1, 0.15) is 25.0 Å². The Morgan fingerprint density at radius 1 is 1.21 bits per heavy atom. The summed E-state index contributed by atoms with van der Waals surface area (Å²) < 4.78 is 50.6. The highest BCUT2D eigenvalue weighted by Gasteiger charge is 2.36. The van der Waals surface area contributed by atoms with Crippen LogP contribution in [0.2, 0.25) is 0 Å². The van der Waals surface area contributed by atoms with E-state index in [0.29, 0.717) is 17.9 Å². The molecule has 0 unspecified atom stereocenters. The number of nitriles is 1. The van der Waals surface area contributed by atoms with Gasteiger partial charge in [0.05, 0.1) is 35.8 Å². The molecule has 148 valence electrons. The Hall–Kier alpha value is -2.73. The molecule has 0 saturated heterocycles. The van der Waals surface area contributed by atoms with Gasteiger partial charge in [-0.05, 0) is 44.2 Å². The number of carbonyl (C=O) groups is 1. The van der Waals surface area contributed by atoms with E-state index in [1.54, 1.807) is 37.3 Å². The number of carbonyl (C=O) groups excluding carboxylic acids is 1. The summed E-state index contributed by atoms with van der Waals surface area (Å²) in [6.45, 7) is 4.05. The lowest BCUT2D eigenvalue weighted by atomic mass is 10.1. The summed E-state index contributed by atoms with van der Waals surface area (Å²) in [6.07, 6.45) is -4.74. The number of hydrogen-bond donors (Lipinski definition) is 0. The Bertz CT molecular complexity index is 878. The molecule has 28 heavy (non-hydrogen) atoms. The van der Waals surface area contributed by atoms with Gasteiger partial charge in [-0.25, -0.2) is 4.98 Å². The van der Waals surface area contributed by atoms with Crippen LogP contribution >= 0.6 is 11.8 Å². The molecule has 9 heteroatoms. The average Bonchev–Trinajstić information content (AvgIpc) is 2.66. The van der Waals surface area contributed by atoms with Gasteiger partial charge in [-0.15, -0.1) is 0 Å². The molecule has 0 spiro atoms. The molecule has 0 N–H and O–H groups in total. The zero-order valence-electron chi connectivity index (χ0n) is 15.2. The van der Waals surface area contributed by atoms with Crippen molar-refractivity contribution in [3.8, 4) is 23.1 Å². The van der Waals surface area contributed by atoms with Gasteiger partial charge in [0, 0.05) is 5.56 Å². The third kappa shape index (κ3) is 5.39. The standard InChI is InChI=1S/C19H17F3N2O3S/c1-3-26-13-7-5-12(6-8-13)16-9-15(19(20,21)22)14(10-23)18(24-16)28-11-17(25)27-4-2/h5-9H,3-4,11H2,1-2H3. The molecule has 0 atom stereocenters. The lowest BCUT2D eigenvalue weighted by Gasteiger charge is -2.14. The molecular formula is C19H17F3N2O3S. The predicted molar refractivity (Wildman–Crippen MR) is 97.9 cm³/mol. The molecular weight excluding hydrogens is 393 g/mol. The number of rotatable bonds is 7. The summed E-state index contributed by atoms with van der Waals surface area (Å²) >= 11 is 0.737. The summed E-state index contributed by atoms with van der Waals surface area (Å²) in [6, 6.07) is 8.80. The minimum absolute atomic E-state index is 0.0423. The zero-order chi connectivity index (χ0) is 20.7. The summed E-state index contributed by atoms with van der Waals surface area (Å²) in [4.78, 5) is 15.7. The molecule has 0 radical (unpaired) electrons. The minimum Gasteiger partial charge on any atom is -0.494 e. The predicted octanol–water partition coefficient (Wildman–Crippen LogP) is 4.69. The molecule has 0 amide bonds. The van der Waals surface area contributed by atoms with Crippen molar-refractivity contribution < 1.29 is 27.4 Å². The number of alkyl halides is 3. The zero-order valence-corrected chi connectivity index (χ0v) is 16.0. The van der Waals surface area contributed by atoms with E-state index in [9.17, 15) is 23.2 Å². The summed E-state index contributed by atoms with van der Waals surface area (Å²) in [5.41, 5.74) is -1.24. The topological polar surface area (TPSA) is 72.2 Å². The van der Waals surface area contributed by atoms with E-state index in [0.717, 1.165) is 17.8 Å². The van der Waals surface area contributed by atoms with Gasteiger partial charge >= 0.3 is 12.1 Å². The Labute approximate surface area is 164 Å². The fourth-order valence-corrected chi connectivity index (χ4v) is 3.12. The van der Waals surface area contributed by atoms with Crippen molar-refractivity contribution in [3.05, 3.63) is 41.5 Å². The molecule has 5 nitrogen and oxygen atoms in total. The summed E-state index contributed by atoms with van der Waals surface area (Å²) in [7, 11) is 0. The Kier molecular flexibility index (Phi) is 7.29. The normalized spacial score (nSPS) is 11.0. The number of benzene rings is 1. The van der Waals surface area contributed by atoms with Crippen molar-refractivity contribution in [2.75, 3.05) is 19.0 Å². The number of hydrogen-bond acceptors (Lipinski definition) is 6. The van der Waals surface area contributed by atoms with Gasteiger partial charge < -0.3 is 9.47 Å². The molecule has 0 aliphatic carbocycles. The van der Waals surface area contributed by atoms with Crippen LogP contribution in [0.25, 0.3) is 11.3 Å². The molecule has 0 bridgehead atoms. The van der Waals surface area contributed by atoms with E-state index in [2.05, 4.69) is 4.98 Å². The fourth-order valence-electron chi connectivity index (χ4n) is 2.32. The third-order valence-electron chi connectivity index (χ3n) is 3.50. The van der Waals surface area contributed by atoms with Gasteiger partial charge in [0.1, 0.15) is 16.8 Å². The van der Waals surface area contributed by atoms with Crippen LogP contribution < -0.4 is 4.74 Å². The van der Waals surface area contributed by atoms with E-state index in [1.807, 2.05) is 6.92 Å². The first-order chi connectivity index (χ1) is 13.3. The molecule has 0 fully saturated rings. The highest BCUT2D eigenvalue weighted by Crippen LogP contribution is 2.38. The van der Waals surface area contributed by atoms with Crippen LogP contribution in [-0.2, 0) is 15.7 Å². The molecule has 2 rings (SSSR count). The van der Waals surface area contributed by atoms with Crippen molar-refractivity contribution in [3.63, 3.8) is 0 Å². The van der Waals surface area contributed by atoms with Crippen LogP contribution in [0, 0.1) is 11.3 Å². The first kappa shape index (κ1) is 21.6. The van der Waals surface area contributed by atoms with Crippen molar-refractivity contribution in [1.82, 2.24) is 4.98 Å². The van der Waals surface area contributed by atoms with Crippen LogP contribution in [0.15, 0.2) is 35.4 Å². The lowest BCUT2D eigenvalue weighted by Crippen LogP contribution is -2.12. The maximum Gasteiger partial charge on any atom is 0.417 e. The largest absolute Gasteiger partial charge is 0.494 e. The van der Waals surface area contributed by atoms with Gasteiger partial charge in [-0.1, -0.05) is 11.8 Å². The summed E-state index contributed by atoms with van der Waals surface area (Å²) in [5.74, 6) is -0.273. The van der Waals surface area contributed by atoms with Gasteiger partial charge in [0.25, 0.3) is 0 Å². The lowest BCUT2D eigenvalue weighted by molar-refractivity contribution is -0.140. The highest BCUT2D eigenvalue weighted by molar-refractivity contribution is 7.99. The number of ether oxygens (including phenoxy) is 2. The number of esters is 1. The minimum atomic E-state index is -4.74. The van der Waals surface area contributed by atoms with E-state index < -0.39 is 23.3 Å². The van der Waals surface area contributed by atoms with Crippen LogP contribution in [0.4, 0.5) is 13.2 Å². The molecule has 1 aromatic carbocycles. The molecule has 0 aliphatic heterocycles. The second-order valence-corrected chi connectivity index (χ2v) is 6.36. The van der Waals surface area contributed by atoms with E-state index >= 15 is 0 Å². The SMILES string of the molecule is CCOC(=O)CSc1nc(-c2ccc(OCC)cc2)cc(C(F)(F)F)c1C#N. The van der Waals surface area contributed by atoms with E-state index in [4.69, 9.17) is 9.47 Å². The smallest absolute Gasteiger partial charge is 0.417 e. The van der Waals surface area contributed by atoms with Gasteiger partial charge in [0.15, 0.2) is 0 Å². The Morgan fingerprint density at radius 2 is 1.89 bits per heavy atom. The van der Waals surface area contributed by atoms with Gasteiger partial charge in [0.2, 0.25) is 0 Å². The average molecular weight is 410 g/mol. The maximum atomic E-state index is 13.5. The van der Waals surface area contributed by atoms with Gasteiger partial charge in [-0.2, -0.15) is 18.4 Å². The quantitative estimate of drug-likeness (QED) is 0.487. The first-order valence-corrected chi connectivity index (χ1v) is 9.32. The van der Waals surface area contributed by atoms with Crippen molar-refractivity contribution in [1.29, 1.82) is 5.26 Å². The number of halogens is 3. The monoisotopic (exact) mass is 410 g/mol. The Balaban J connectivity index is 2.49. The van der Waals surface area contributed by atoms with E-state index in [1.165, 1.54) is 0 Å². The summed E-state index contributed by atoms with van der Waals surface area (Å²) in [5, 5.41) is 9.08. The number of nitrogens with zero attached hydrogens (tertiary/aromatic N) is 2. The van der Waals surface area contributed by atoms with Crippen molar-refractivity contribution in [2.24, 2.45) is 0 Å². The molecule has 1 heterocycles. The second kappa shape index (κ2) is 9.46. The number of aromatic nitrogens is 1. The molecule has 1 aromatic heterocycles. The highest BCUT2D eigenvalue weighted by atomic mass is 32.2. The molecule has 0 aliphatic rings. The first-order valence-electron chi connectivity index (χ1n) is 8.34. The van der Waals surface area contributed by atoms with Crippen molar-refractivity contribution in [2.45, 2.75) is 25.0 Å². The van der Waals surface area contributed by atoms with Crippen molar-refractivity contribution >= 4 is 17.7 Å². The second-order valence-electron chi connectivity index (χ2n) is 5.40. The molecule has 2 aromatic rings. The fraction of sp³-hybridized carbons (Fsp3) is 0.316. The van der Waals surface area contributed by atoms with Gasteiger partial charge in [-0.3, -0.25) is 4.79 Å². The van der Waals surface area contributed by atoms with Crippen LogP contribution in [0.3, 0.4) is 0 Å². The van der Waals surface area contributed by atoms with E-state index in [-0.39, 0.29) is 23.1 Å². The maximum absolute atomic E-state index is 13.5.